The number of nitrogen functional groups attached to an aromatic ring is 1. The molecule has 0 fully saturated rings. The Labute approximate surface area is 120 Å². The zero-order valence-corrected chi connectivity index (χ0v) is 11.7. The smallest absolute Gasteiger partial charge is 0.268 e. The third-order valence-electron chi connectivity index (χ3n) is 2.41. The maximum atomic E-state index is 11.5. The van der Waals surface area contributed by atoms with E-state index in [2.05, 4.69) is 20.6 Å². The Morgan fingerprint density at radius 1 is 1.50 bits per heavy atom. The molecule has 1 aromatic heterocycles. The van der Waals surface area contributed by atoms with Crippen LogP contribution in [0.15, 0.2) is 29.4 Å². The number of amides is 1. The number of carbonyl (C=O) groups is 1. The third-order valence-corrected chi connectivity index (χ3v) is 3.22. The first-order chi connectivity index (χ1) is 9.70. The van der Waals surface area contributed by atoms with Crippen LogP contribution in [0.5, 0.6) is 5.75 Å². The van der Waals surface area contributed by atoms with Crippen LogP contribution in [-0.4, -0.2) is 33.4 Å². The van der Waals surface area contributed by atoms with Crippen molar-refractivity contribution in [3.63, 3.8) is 0 Å². The molecule has 0 aliphatic carbocycles. The number of para-hydroxylation sites is 1. The molecule has 2 aromatic rings. The van der Waals surface area contributed by atoms with E-state index < -0.39 is 0 Å². The first-order valence-electron chi connectivity index (χ1n) is 5.95. The fourth-order valence-corrected chi connectivity index (χ4v) is 2.19. The van der Waals surface area contributed by atoms with Gasteiger partial charge in [0, 0.05) is 5.75 Å². The lowest BCUT2D eigenvalue weighted by Gasteiger charge is -2.09. The predicted octanol–water partition coefficient (Wildman–Crippen LogP) is 0.888. The number of nitrogens with two attached hydrogens (primary N) is 1. The summed E-state index contributed by atoms with van der Waals surface area (Å²) in [6.07, 6.45) is 0. The molecule has 0 atom stereocenters. The number of aromatic amines is 1. The molecule has 1 amide bonds. The van der Waals surface area contributed by atoms with Crippen molar-refractivity contribution in [1.82, 2.24) is 20.6 Å². The Morgan fingerprint density at radius 3 is 3.00 bits per heavy atom. The zero-order chi connectivity index (χ0) is 14.4. The van der Waals surface area contributed by atoms with Crippen LogP contribution in [0.1, 0.15) is 16.2 Å². The molecule has 8 heteroatoms. The second kappa shape index (κ2) is 6.92. The van der Waals surface area contributed by atoms with Gasteiger partial charge in [0.2, 0.25) is 5.16 Å². The Hall–Kier alpha value is -2.06. The number of hydrazine groups is 1. The van der Waals surface area contributed by atoms with E-state index in [1.807, 2.05) is 6.92 Å². The Bertz CT molecular complexity index is 587. The van der Waals surface area contributed by atoms with Gasteiger partial charge in [-0.05, 0) is 19.1 Å². The highest BCUT2D eigenvalue weighted by Gasteiger charge is 2.10. The van der Waals surface area contributed by atoms with Gasteiger partial charge in [-0.15, -0.1) is 5.10 Å². The second-order valence-corrected chi connectivity index (χ2v) is 4.93. The maximum absolute atomic E-state index is 11.5. The fourth-order valence-electron chi connectivity index (χ4n) is 1.53. The molecule has 0 bridgehead atoms. The van der Waals surface area contributed by atoms with Gasteiger partial charge in [-0.1, -0.05) is 23.9 Å². The summed E-state index contributed by atoms with van der Waals surface area (Å²) in [6.45, 7) is 2.28. The summed E-state index contributed by atoms with van der Waals surface area (Å²) in [5.41, 5.74) is 2.50. The van der Waals surface area contributed by atoms with E-state index in [0.29, 0.717) is 28.8 Å². The van der Waals surface area contributed by atoms with Crippen LogP contribution in [0.2, 0.25) is 0 Å². The van der Waals surface area contributed by atoms with Crippen molar-refractivity contribution in [1.29, 1.82) is 0 Å². The first kappa shape index (κ1) is 14.4. The summed E-state index contributed by atoms with van der Waals surface area (Å²) in [4.78, 5) is 15.7. The number of rotatable bonds is 6. The van der Waals surface area contributed by atoms with Crippen LogP contribution in [0, 0.1) is 6.92 Å². The number of thioether (sulfide) groups is 1. The van der Waals surface area contributed by atoms with Gasteiger partial charge in [0.25, 0.3) is 5.91 Å². The number of nitrogens with one attached hydrogen (secondary N) is 2. The van der Waals surface area contributed by atoms with Crippen molar-refractivity contribution >= 4 is 17.7 Å². The molecule has 20 heavy (non-hydrogen) atoms. The van der Waals surface area contributed by atoms with Crippen molar-refractivity contribution in [2.45, 2.75) is 12.1 Å². The lowest BCUT2D eigenvalue weighted by Crippen LogP contribution is -2.30. The average molecular weight is 293 g/mol. The number of hydrogen-bond acceptors (Lipinski definition) is 6. The number of aromatic nitrogens is 3. The number of aryl methyl sites for hydroxylation is 1. The summed E-state index contributed by atoms with van der Waals surface area (Å²) < 4.78 is 5.59. The number of hydrogen-bond donors (Lipinski definition) is 3. The number of benzene rings is 1. The molecule has 0 radical (unpaired) electrons. The molecule has 1 heterocycles. The highest BCUT2D eigenvalue weighted by molar-refractivity contribution is 7.99. The summed E-state index contributed by atoms with van der Waals surface area (Å²) >= 11 is 1.48. The monoisotopic (exact) mass is 293 g/mol. The van der Waals surface area contributed by atoms with Gasteiger partial charge in [0.05, 0.1) is 12.2 Å². The Balaban J connectivity index is 1.86. The topological polar surface area (TPSA) is 106 Å². The van der Waals surface area contributed by atoms with E-state index in [1.54, 1.807) is 24.3 Å². The molecule has 0 saturated carbocycles. The first-order valence-corrected chi connectivity index (χ1v) is 6.94. The van der Waals surface area contributed by atoms with Gasteiger partial charge in [-0.2, -0.15) is 0 Å². The molecule has 106 valence electrons. The van der Waals surface area contributed by atoms with Crippen LogP contribution in [0.25, 0.3) is 0 Å². The quantitative estimate of drug-likeness (QED) is 0.240. The molecule has 0 unspecified atom stereocenters. The highest BCUT2D eigenvalue weighted by atomic mass is 32.2. The van der Waals surface area contributed by atoms with Crippen LogP contribution >= 0.6 is 11.8 Å². The standard InChI is InChI=1S/C12H15N5O2S/c1-8-14-12(17-16-8)20-7-6-19-10-5-3-2-4-9(10)11(18)15-13/h2-5H,6-7,13H2,1H3,(H,15,18)(H,14,16,17). The molecule has 4 N–H and O–H groups in total. The van der Waals surface area contributed by atoms with Gasteiger partial charge < -0.3 is 4.74 Å². The van der Waals surface area contributed by atoms with E-state index in [-0.39, 0.29) is 5.91 Å². The predicted molar refractivity (Wildman–Crippen MR) is 75.4 cm³/mol. The molecule has 0 aliphatic heterocycles. The van der Waals surface area contributed by atoms with E-state index in [0.717, 1.165) is 5.82 Å². The largest absolute Gasteiger partial charge is 0.492 e. The molecular formula is C12H15N5O2S. The minimum atomic E-state index is -0.377. The van der Waals surface area contributed by atoms with Crippen molar-refractivity contribution < 1.29 is 9.53 Å². The minimum Gasteiger partial charge on any atom is -0.492 e. The lowest BCUT2D eigenvalue weighted by atomic mass is 10.2. The summed E-state index contributed by atoms with van der Waals surface area (Å²) in [7, 11) is 0. The van der Waals surface area contributed by atoms with Crippen LogP contribution < -0.4 is 16.0 Å². The maximum Gasteiger partial charge on any atom is 0.268 e. The van der Waals surface area contributed by atoms with Crippen molar-refractivity contribution in [2.75, 3.05) is 12.4 Å². The fraction of sp³-hybridized carbons (Fsp3) is 0.250. The van der Waals surface area contributed by atoms with Crippen LogP contribution in [0.3, 0.4) is 0 Å². The van der Waals surface area contributed by atoms with Crippen LogP contribution in [-0.2, 0) is 0 Å². The molecule has 1 aromatic carbocycles. The normalized spacial score (nSPS) is 10.3. The molecule has 7 nitrogen and oxygen atoms in total. The van der Waals surface area contributed by atoms with E-state index in [9.17, 15) is 4.79 Å². The van der Waals surface area contributed by atoms with E-state index >= 15 is 0 Å². The minimum absolute atomic E-state index is 0.377. The second-order valence-electron chi connectivity index (χ2n) is 3.87. The van der Waals surface area contributed by atoms with Gasteiger partial charge in [-0.3, -0.25) is 15.3 Å². The summed E-state index contributed by atoms with van der Waals surface area (Å²) in [6, 6.07) is 6.94. The Kier molecular flexibility index (Phi) is 4.97. The molecule has 0 spiro atoms. The number of nitrogens with zero attached hydrogens (tertiary/aromatic N) is 2. The third kappa shape index (κ3) is 3.72. The Morgan fingerprint density at radius 2 is 2.30 bits per heavy atom. The van der Waals surface area contributed by atoms with Crippen LogP contribution in [0.4, 0.5) is 0 Å². The molecule has 2 rings (SSSR count). The summed E-state index contributed by atoms with van der Waals surface area (Å²) in [5, 5.41) is 7.46. The molecular weight excluding hydrogens is 278 g/mol. The average Bonchev–Trinajstić information content (AvgIpc) is 2.89. The molecule has 0 aliphatic rings. The zero-order valence-electron chi connectivity index (χ0n) is 10.9. The van der Waals surface area contributed by atoms with Crippen molar-refractivity contribution in [2.24, 2.45) is 5.84 Å². The number of carbonyl (C=O) groups excluding carboxylic acids is 1. The van der Waals surface area contributed by atoms with E-state index in [1.165, 1.54) is 11.8 Å². The van der Waals surface area contributed by atoms with Gasteiger partial charge in [0.15, 0.2) is 0 Å². The number of H-pyrrole nitrogens is 1. The van der Waals surface area contributed by atoms with Crippen molar-refractivity contribution in [3.05, 3.63) is 35.7 Å². The van der Waals surface area contributed by atoms with Crippen molar-refractivity contribution in [3.8, 4) is 5.75 Å². The highest BCUT2D eigenvalue weighted by Crippen LogP contribution is 2.18. The van der Waals surface area contributed by atoms with E-state index in [4.69, 9.17) is 10.6 Å². The van der Waals surface area contributed by atoms with Gasteiger partial charge in [0.1, 0.15) is 11.6 Å². The summed E-state index contributed by atoms with van der Waals surface area (Å²) in [5.74, 6) is 6.70. The van der Waals surface area contributed by atoms with Gasteiger partial charge >= 0.3 is 0 Å². The lowest BCUT2D eigenvalue weighted by molar-refractivity contribution is 0.0950. The molecule has 0 saturated heterocycles. The number of ether oxygens (including phenoxy) is 1. The SMILES string of the molecule is Cc1nc(SCCOc2ccccc2C(=O)NN)n[nH]1. The van der Waals surface area contributed by atoms with Gasteiger partial charge in [-0.25, -0.2) is 10.8 Å².